The van der Waals surface area contributed by atoms with Crippen LogP contribution in [-0.2, 0) is 16.0 Å². The van der Waals surface area contributed by atoms with Gasteiger partial charge in [0.1, 0.15) is 12.4 Å². The summed E-state index contributed by atoms with van der Waals surface area (Å²) in [6.07, 6.45) is 6.77. The van der Waals surface area contributed by atoms with Crippen LogP contribution in [0.4, 0.5) is 10.1 Å². The van der Waals surface area contributed by atoms with Crippen molar-refractivity contribution < 1.29 is 23.9 Å². The number of pyridine rings is 1. The van der Waals surface area contributed by atoms with E-state index >= 15 is 0 Å². The number of anilines is 1. The van der Waals surface area contributed by atoms with Crippen molar-refractivity contribution in [1.82, 2.24) is 30.5 Å². The summed E-state index contributed by atoms with van der Waals surface area (Å²) in [5, 5.41) is 25.0. The topological polar surface area (TPSA) is 152 Å². The Balaban J connectivity index is 1.54. The first kappa shape index (κ1) is 26.1. The number of carboxylic acid groups (broad SMARTS) is 1. The van der Waals surface area contributed by atoms with Gasteiger partial charge in [0, 0.05) is 36.1 Å². The molecule has 13 heteroatoms. The number of carbonyl (C=O) groups excluding carboxylic acids is 2. The Kier molecular flexibility index (Phi) is 8.14. The highest BCUT2D eigenvalue weighted by Gasteiger charge is 2.21. The lowest BCUT2D eigenvalue weighted by Gasteiger charge is -2.18. The summed E-state index contributed by atoms with van der Waals surface area (Å²) in [5.41, 5.74) is 1.35. The molecule has 0 aliphatic carbocycles. The van der Waals surface area contributed by atoms with Crippen LogP contribution in [0, 0.1) is 5.82 Å². The third-order valence-corrected chi connectivity index (χ3v) is 5.62. The van der Waals surface area contributed by atoms with Gasteiger partial charge in [-0.1, -0.05) is 11.6 Å². The second-order valence-corrected chi connectivity index (χ2v) is 8.28. The fraction of sp³-hybridized carbons (Fsp3) is 0.0800. The van der Waals surface area contributed by atoms with Gasteiger partial charge in [-0.3, -0.25) is 14.6 Å². The molecule has 2 amide bonds. The lowest BCUT2D eigenvalue weighted by Crippen LogP contribution is -2.44. The average Bonchev–Trinajstić information content (AvgIpc) is 3.45. The van der Waals surface area contributed by atoms with E-state index in [1.807, 2.05) is 0 Å². The Morgan fingerprint density at radius 2 is 1.82 bits per heavy atom. The molecule has 11 nitrogen and oxygen atoms in total. The van der Waals surface area contributed by atoms with Gasteiger partial charge in [-0.25, -0.2) is 9.18 Å². The Morgan fingerprint density at radius 1 is 1.08 bits per heavy atom. The smallest absolute Gasteiger partial charge is 0.335 e. The first-order chi connectivity index (χ1) is 18.3. The maximum Gasteiger partial charge on any atom is 0.335 e. The fourth-order valence-electron chi connectivity index (χ4n) is 3.45. The number of carbonyl (C=O) groups is 3. The highest BCUT2D eigenvalue weighted by atomic mass is 35.5. The van der Waals surface area contributed by atoms with Crippen LogP contribution in [0.1, 0.15) is 21.5 Å². The normalized spacial score (nSPS) is 11.7. The summed E-state index contributed by atoms with van der Waals surface area (Å²) in [5.74, 6) is -3.10. The molecule has 0 aliphatic rings. The number of aromatic carboxylic acids is 1. The number of nitrogens with one attached hydrogen (secondary N) is 2. The van der Waals surface area contributed by atoms with Crippen LogP contribution < -0.4 is 10.6 Å². The number of tetrazole rings is 1. The third-order valence-electron chi connectivity index (χ3n) is 5.33. The van der Waals surface area contributed by atoms with Gasteiger partial charge in [-0.2, -0.15) is 4.68 Å². The molecule has 0 spiro atoms. The van der Waals surface area contributed by atoms with E-state index in [0.717, 1.165) is 11.6 Å². The lowest BCUT2D eigenvalue weighted by atomic mass is 10.1. The molecule has 4 rings (SSSR count). The maximum absolute atomic E-state index is 14.8. The summed E-state index contributed by atoms with van der Waals surface area (Å²) in [6.45, 7) is 0. The van der Waals surface area contributed by atoms with Gasteiger partial charge in [-0.05, 0) is 70.6 Å². The number of halogens is 2. The second-order valence-electron chi connectivity index (χ2n) is 7.87. The van der Waals surface area contributed by atoms with Crippen LogP contribution in [0.2, 0.25) is 5.02 Å². The molecule has 2 aromatic carbocycles. The predicted octanol–water partition coefficient (Wildman–Crippen LogP) is 2.93. The number of carboxylic acids is 1. The maximum atomic E-state index is 14.8. The summed E-state index contributed by atoms with van der Waals surface area (Å²) >= 11 is 5.92. The second kappa shape index (κ2) is 11.8. The van der Waals surface area contributed by atoms with E-state index < -0.39 is 29.6 Å². The van der Waals surface area contributed by atoms with E-state index in [0.29, 0.717) is 5.69 Å². The molecular formula is C25H19ClFN7O4. The third kappa shape index (κ3) is 6.42. The Labute approximate surface area is 220 Å². The molecule has 0 radical (unpaired) electrons. The van der Waals surface area contributed by atoms with Crippen molar-refractivity contribution in [2.45, 2.75) is 12.5 Å². The van der Waals surface area contributed by atoms with Gasteiger partial charge in [0.25, 0.3) is 0 Å². The zero-order valence-corrected chi connectivity index (χ0v) is 20.2. The predicted molar refractivity (Wildman–Crippen MR) is 135 cm³/mol. The monoisotopic (exact) mass is 535 g/mol. The minimum absolute atomic E-state index is 0.0337. The number of hydrogen-bond donors (Lipinski definition) is 3. The number of rotatable bonds is 9. The van der Waals surface area contributed by atoms with E-state index in [1.165, 1.54) is 53.5 Å². The summed E-state index contributed by atoms with van der Waals surface area (Å²) in [7, 11) is 0. The molecule has 0 aliphatic heterocycles. The fourth-order valence-corrected chi connectivity index (χ4v) is 3.62. The largest absolute Gasteiger partial charge is 0.478 e. The Hall–Kier alpha value is -4.97. The van der Waals surface area contributed by atoms with Crippen molar-refractivity contribution in [2.24, 2.45) is 0 Å². The van der Waals surface area contributed by atoms with Crippen LogP contribution in [0.15, 0.2) is 73.3 Å². The van der Waals surface area contributed by atoms with Gasteiger partial charge < -0.3 is 15.7 Å². The van der Waals surface area contributed by atoms with Crippen LogP contribution >= 0.6 is 11.6 Å². The van der Waals surface area contributed by atoms with Crippen molar-refractivity contribution in [3.05, 3.63) is 101 Å². The molecule has 192 valence electrons. The van der Waals surface area contributed by atoms with Gasteiger partial charge in [-0.15, -0.1) is 5.10 Å². The van der Waals surface area contributed by atoms with Gasteiger partial charge in [0.2, 0.25) is 11.8 Å². The van der Waals surface area contributed by atoms with Crippen LogP contribution in [0.5, 0.6) is 0 Å². The summed E-state index contributed by atoms with van der Waals surface area (Å²) in [4.78, 5) is 40.9. The van der Waals surface area contributed by atoms with E-state index in [2.05, 4.69) is 31.1 Å². The molecule has 2 heterocycles. The minimum Gasteiger partial charge on any atom is -0.478 e. The molecular weight excluding hydrogens is 517 g/mol. The lowest BCUT2D eigenvalue weighted by molar-refractivity contribution is -0.123. The molecule has 0 fully saturated rings. The molecule has 4 aromatic rings. The first-order valence-corrected chi connectivity index (χ1v) is 11.4. The van der Waals surface area contributed by atoms with Crippen molar-refractivity contribution in [1.29, 1.82) is 0 Å². The number of aromatic nitrogens is 5. The van der Waals surface area contributed by atoms with E-state index in [-0.39, 0.29) is 28.3 Å². The molecule has 38 heavy (non-hydrogen) atoms. The molecule has 0 unspecified atom stereocenters. The molecule has 2 aromatic heterocycles. The zero-order chi connectivity index (χ0) is 27.1. The molecule has 0 bridgehead atoms. The summed E-state index contributed by atoms with van der Waals surface area (Å²) < 4.78 is 16.0. The number of hydrogen-bond acceptors (Lipinski definition) is 7. The van der Waals surface area contributed by atoms with E-state index in [9.17, 15) is 18.8 Å². The van der Waals surface area contributed by atoms with Crippen molar-refractivity contribution in [2.75, 3.05) is 5.32 Å². The molecule has 1 atom stereocenters. The number of amides is 2. The Bertz CT molecular complexity index is 1480. The van der Waals surface area contributed by atoms with Crippen LogP contribution in [-0.4, -0.2) is 54.1 Å². The van der Waals surface area contributed by atoms with Crippen molar-refractivity contribution >= 4 is 41.1 Å². The average molecular weight is 536 g/mol. The van der Waals surface area contributed by atoms with E-state index in [4.69, 9.17) is 16.7 Å². The number of nitrogens with zero attached hydrogens (tertiary/aromatic N) is 5. The zero-order valence-electron chi connectivity index (χ0n) is 19.5. The van der Waals surface area contributed by atoms with Gasteiger partial charge in [0.15, 0.2) is 5.82 Å². The summed E-state index contributed by atoms with van der Waals surface area (Å²) in [6, 6.07) is 10.8. The standard InChI is InChI=1S/C25H19ClFN7O4/c26-19-6-7-21(34-14-29-32-33-34)18(23(19)27)5-8-22(35)31-20(13-15-9-11-28-12-10-15)24(36)30-17-3-1-16(2-4-17)25(37)38/h1-12,14,20H,13H2,(H,30,36)(H,31,35)(H,37,38)/t20-/m0/s1. The van der Waals surface area contributed by atoms with E-state index in [1.54, 1.807) is 24.5 Å². The number of benzene rings is 2. The van der Waals surface area contributed by atoms with Gasteiger partial charge in [0.05, 0.1) is 16.3 Å². The minimum atomic E-state index is -1.10. The highest BCUT2D eigenvalue weighted by molar-refractivity contribution is 6.31. The first-order valence-electron chi connectivity index (χ1n) is 11.0. The molecule has 3 N–H and O–H groups in total. The van der Waals surface area contributed by atoms with Crippen LogP contribution in [0.3, 0.4) is 0 Å². The van der Waals surface area contributed by atoms with Crippen molar-refractivity contribution in [3.63, 3.8) is 0 Å². The van der Waals surface area contributed by atoms with Crippen molar-refractivity contribution in [3.8, 4) is 5.69 Å². The molecule has 0 saturated heterocycles. The Morgan fingerprint density at radius 3 is 2.47 bits per heavy atom. The highest BCUT2D eigenvalue weighted by Crippen LogP contribution is 2.25. The quantitative estimate of drug-likeness (QED) is 0.277. The van der Waals surface area contributed by atoms with Crippen LogP contribution in [0.25, 0.3) is 11.8 Å². The van der Waals surface area contributed by atoms with Gasteiger partial charge >= 0.3 is 5.97 Å². The SMILES string of the molecule is O=C(C=Cc1c(-n2cnnn2)ccc(Cl)c1F)N[C@@H](Cc1ccncc1)C(=O)Nc1ccc(C(=O)O)cc1. The molecule has 0 saturated carbocycles.